The van der Waals surface area contributed by atoms with Crippen LogP contribution in [0.1, 0.15) is 25.3 Å². The number of hydrogen-bond acceptors (Lipinski definition) is 9. The first kappa shape index (κ1) is 27.5. The third-order valence-electron chi connectivity index (χ3n) is 9.52. The first-order valence-corrected chi connectivity index (χ1v) is 16.7. The van der Waals surface area contributed by atoms with Crippen molar-refractivity contribution in [2.45, 2.75) is 32.2 Å². The number of likely N-dealkylation sites (N-methyl/N-ethyl adjacent to an activating group) is 1. The molecule has 0 amide bonds. The van der Waals surface area contributed by atoms with Crippen molar-refractivity contribution in [2.24, 2.45) is 0 Å². The highest BCUT2D eigenvalue weighted by Crippen LogP contribution is 2.50. The van der Waals surface area contributed by atoms with Gasteiger partial charge in [-0.2, -0.15) is 23.5 Å². The minimum absolute atomic E-state index is 0.135. The molecule has 0 aliphatic carbocycles. The molecule has 2 aromatic carbocycles. The summed E-state index contributed by atoms with van der Waals surface area (Å²) in [7, 11) is -3.90. The molecule has 2 saturated heterocycles. The summed E-state index contributed by atoms with van der Waals surface area (Å²) < 4.78 is 45.6. The number of H-pyrrole nitrogens is 1. The second-order valence-corrected chi connectivity index (χ2v) is 13.6. The van der Waals surface area contributed by atoms with Crippen LogP contribution in [0.25, 0.3) is 11.0 Å². The first-order chi connectivity index (χ1) is 21.4. The van der Waals surface area contributed by atoms with Crippen LogP contribution in [0.5, 0.6) is 0 Å². The third-order valence-corrected chi connectivity index (χ3v) is 11.3. The zero-order chi connectivity index (χ0) is 30.0. The molecular weight excluding hydrogens is 583 g/mol. The number of aromatic nitrogens is 4. The van der Waals surface area contributed by atoms with Gasteiger partial charge >= 0.3 is 10.2 Å². The van der Waals surface area contributed by atoms with Gasteiger partial charge in [-0.3, -0.25) is 14.3 Å². The zero-order valence-corrected chi connectivity index (χ0v) is 25.4. The van der Waals surface area contributed by atoms with Gasteiger partial charge in [0.1, 0.15) is 5.82 Å². The molecule has 4 aliphatic rings. The predicted molar refractivity (Wildman–Crippen MR) is 169 cm³/mol. The summed E-state index contributed by atoms with van der Waals surface area (Å²) in [6, 6.07) is 11.2. The van der Waals surface area contributed by atoms with Gasteiger partial charge in [0.2, 0.25) is 5.95 Å². The van der Waals surface area contributed by atoms with Gasteiger partial charge in [-0.25, -0.2) is 8.70 Å². The first-order valence-electron chi connectivity index (χ1n) is 15.3. The van der Waals surface area contributed by atoms with Crippen molar-refractivity contribution in [2.75, 3.05) is 71.2 Å². The molecule has 2 N–H and O–H groups in total. The predicted octanol–water partition coefficient (Wildman–Crippen LogP) is 3.60. The van der Waals surface area contributed by atoms with Crippen molar-refractivity contribution >= 4 is 55.8 Å². The second kappa shape index (κ2) is 10.6. The van der Waals surface area contributed by atoms with Crippen LogP contribution < -0.4 is 18.8 Å². The number of piperazine rings is 1. The lowest BCUT2D eigenvalue weighted by Gasteiger charge is -2.43. The van der Waals surface area contributed by atoms with Gasteiger partial charge in [0.15, 0.2) is 11.5 Å². The van der Waals surface area contributed by atoms with Gasteiger partial charge in [0, 0.05) is 57.5 Å². The number of halogens is 1. The van der Waals surface area contributed by atoms with E-state index in [1.807, 2.05) is 18.2 Å². The molecule has 0 saturated carbocycles. The second-order valence-electron chi connectivity index (χ2n) is 11.9. The topological polar surface area (TPSA) is 117 Å². The van der Waals surface area contributed by atoms with Crippen molar-refractivity contribution in [1.82, 2.24) is 30.0 Å². The molecular formula is C30H35FN10O2S. The molecule has 44 heavy (non-hydrogen) atoms. The lowest BCUT2D eigenvalue weighted by Crippen LogP contribution is -2.53. The molecule has 0 atom stereocenters. The Morgan fingerprint density at radius 3 is 2.59 bits per heavy atom. The molecule has 4 aliphatic heterocycles. The number of benzene rings is 2. The largest absolute Gasteiger partial charge is 0.369 e. The fourth-order valence-electron chi connectivity index (χ4n) is 7.16. The summed E-state index contributed by atoms with van der Waals surface area (Å²) in [5.41, 5.74) is 3.65. The van der Waals surface area contributed by atoms with Crippen LogP contribution in [-0.2, 0) is 16.6 Å². The normalized spacial score (nSPS) is 20.5. The van der Waals surface area contributed by atoms with E-state index in [-0.39, 0.29) is 17.6 Å². The maximum absolute atomic E-state index is 15.5. The van der Waals surface area contributed by atoms with E-state index >= 15 is 4.39 Å². The minimum atomic E-state index is -3.90. The molecule has 230 valence electrons. The highest BCUT2D eigenvalue weighted by atomic mass is 32.2. The monoisotopic (exact) mass is 618 g/mol. The Balaban J connectivity index is 1.02. The van der Waals surface area contributed by atoms with Crippen molar-refractivity contribution in [3.63, 3.8) is 0 Å². The van der Waals surface area contributed by atoms with E-state index in [2.05, 4.69) is 47.1 Å². The van der Waals surface area contributed by atoms with E-state index < -0.39 is 10.2 Å². The fourth-order valence-corrected chi connectivity index (χ4v) is 8.87. The number of nitrogens with zero attached hydrogens (tertiary/aromatic N) is 8. The number of anilines is 6. The number of rotatable bonds is 6. The Bertz CT molecular complexity index is 1830. The molecule has 2 aromatic heterocycles. The van der Waals surface area contributed by atoms with E-state index in [0.29, 0.717) is 52.8 Å². The van der Waals surface area contributed by atoms with E-state index in [1.165, 1.54) is 20.9 Å². The molecule has 12 nitrogen and oxygen atoms in total. The van der Waals surface area contributed by atoms with Crippen LogP contribution in [0, 0.1) is 5.82 Å². The summed E-state index contributed by atoms with van der Waals surface area (Å²) in [6.07, 6.45) is 4.23. The van der Waals surface area contributed by atoms with Gasteiger partial charge in [-0.1, -0.05) is 19.1 Å². The summed E-state index contributed by atoms with van der Waals surface area (Å²) >= 11 is 0. The summed E-state index contributed by atoms with van der Waals surface area (Å²) in [5.74, 6) is -0.00404. The average molecular weight is 619 g/mol. The number of aromatic amines is 1. The minimum Gasteiger partial charge on any atom is -0.369 e. The molecule has 14 heteroatoms. The van der Waals surface area contributed by atoms with Crippen LogP contribution in [0.2, 0.25) is 0 Å². The highest BCUT2D eigenvalue weighted by Gasteiger charge is 2.46. The van der Waals surface area contributed by atoms with Gasteiger partial charge < -0.3 is 15.1 Å². The van der Waals surface area contributed by atoms with Crippen LogP contribution in [-0.4, -0.2) is 96.8 Å². The fraction of sp³-hybridized carbons (Fsp3) is 0.433. The molecule has 2 fully saturated rings. The highest BCUT2D eigenvalue weighted by molar-refractivity contribution is 7.95. The Labute approximate surface area is 255 Å². The van der Waals surface area contributed by atoms with E-state index in [0.717, 1.165) is 64.2 Å². The third kappa shape index (κ3) is 4.46. The van der Waals surface area contributed by atoms with Gasteiger partial charge in [-0.15, -0.1) is 0 Å². The van der Waals surface area contributed by atoms with Crippen LogP contribution >= 0.6 is 0 Å². The van der Waals surface area contributed by atoms with Gasteiger partial charge in [0.25, 0.3) is 0 Å². The summed E-state index contributed by atoms with van der Waals surface area (Å²) in [5, 5.41) is 10.5. The molecule has 0 unspecified atom stereocenters. The molecule has 0 bridgehead atoms. The molecule has 0 spiro atoms. The maximum atomic E-state index is 15.5. The average Bonchev–Trinajstić information content (AvgIpc) is 3.75. The van der Waals surface area contributed by atoms with Crippen LogP contribution in [0.3, 0.4) is 0 Å². The quantitative estimate of drug-likeness (QED) is 0.334. The van der Waals surface area contributed by atoms with Crippen molar-refractivity contribution < 1.29 is 12.8 Å². The Morgan fingerprint density at radius 1 is 1.00 bits per heavy atom. The maximum Gasteiger partial charge on any atom is 0.332 e. The van der Waals surface area contributed by atoms with Crippen molar-refractivity contribution in [3.05, 3.63) is 54.0 Å². The number of nitrogens with one attached hydrogen (secondary N) is 2. The number of fused-ring (bicyclic) bond motifs is 1. The number of hydrogen-bond donors (Lipinski definition) is 2. The van der Waals surface area contributed by atoms with Crippen molar-refractivity contribution in [1.29, 1.82) is 0 Å². The lowest BCUT2D eigenvalue weighted by molar-refractivity contribution is 0.0878. The summed E-state index contributed by atoms with van der Waals surface area (Å²) in [6.45, 7) is 9.80. The Morgan fingerprint density at radius 2 is 1.82 bits per heavy atom. The van der Waals surface area contributed by atoms with Crippen LogP contribution in [0.4, 0.5) is 38.9 Å². The number of piperidine rings is 1. The number of para-hydroxylation sites is 1. The van der Waals surface area contributed by atoms with E-state index in [4.69, 9.17) is 0 Å². The molecule has 8 rings (SSSR count). The SMILES string of the molecule is CCN1CCN(C2CCN(c3ccc(Nc4nc(N5c6cccc7c6N(CC7)S5(=O)=O)c5cn[nH]c5n4)cc3F)CC2)CC1. The summed E-state index contributed by atoms with van der Waals surface area (Å²) in [4.78, 5) is 16.4. The lowest BCUT2D eigenvalue weighted by atomic mass is 10.0. The van der Waals surface area contributed by atoms with E-state index in [1.54, 1.807) is 12.1 Å². The van der Waals surface area contributed by atoms with Gasteiger partial charge in [-0.05, 0) is 55.6 Å². The smallest absolute Gasteiger partial charge is 0.332 e. The Kier molecular flexibility index (Phi) is 6.61. The van der Waals surface area contributed by atoms with Crippen LogP contribution in [0.15, 0.2) is 42.6 Å². The van der Waals surface area contributed by atoms with Crippen molar-refractivity contribution in [3.8, 4) is 0 Å². The molecule has 6 heterocycles. The molecule has 4 aromatic rings. The standard InChI is InChI=1S/C30H35FN10O2S/c1-2-37-14-16-38(17-15-37)22-9-11-39(12-10-22)25-7-6-21(18-24(25)31)33-30-34-28-23(19-32-36-28)29(35-30)41-26-5-3-4-20-8-13-40(27(20)26)44(41,42)43/h3-7,18-19,22H,2,8-17H2,1H3,(H2,32,33,34,35,36). The zero-order valence-electron chi connectivity index (χ0n) is 24.6. The Hall–Kier alpha value is -4.01. The van der Waals surface area contributed by atoms with E-state index in [9.17, 15) is 8.42 Å². The van der Waals surface area contributed by atoms with Gasteiger partial charge in [0.05, 0.1) is 28.6 Å². The molecule has 0 radical (unpaired) electrons.